The number of aromatic nitrogens is 2. The third-order valence-electron chi connectivity index (χ3n) is 3.76. The zero-order valence-corrected chi connectivity index (χ0v) is 11.7. The highest BCUT2D eigenvalue weighted by molar-refractivity contribution is 7.99. The molecule has 0 saturated carbocycles. The summed E-state index contributed by atoms with van der Waals surface area (Å²) in [5.41, 5.74) is 1.21. The van der Waals surface area contributed by atoms with Gasteiger partial charge in [0.15, 0.2) is 0 Å². The van der Waals surface area contributed by atoms with Crippen molar-refractivity contribution in [3.8, 4) is 0 Å². The Hall–Kier alpha value is -0.520. The van der Waals surface area contributed by atoms with E-state index in [1.807, 2.05) is 17.9 Å². The predicted octanol–water partition coefficient (Wildman–Crippen LogP) is 1.74. The number of aryl methyl sites for hydroxylation is 1. The van der Waals surface area contributed by atoms with E-state index in [0.717, 1.165) is 13.0 Å². The normalized spacial score (nSPS) is 32.8. The molecule has 0 spiro atoms. The van der Waals surface area contributed by atoms with Gasteiger partial charge in [0.2, 0.25) is 0 Å². The van der Waals surface area contributed by atoms with Gasteiger partial charge in [-0.2, -0.15) is 16.9 Å². The molecule has 1 aromatic rings. The quantitative estimate of drug-likeness (QED) is 0.905. The van der Waals surface area contributed by atoms with Crippen LogP contribution in [0.4, 0.5) is 0 Å². The second-order valence-corrected chi connectivity index (χ2v) is 6.36. The topological polar surface area (TPSA) is 39.1 Å². The van der Waals surface area contributed by atoms with Gasteiger partial charge in [0.25, 0.3) is 0 Å². The minimum atomic E-state index is 0.179. The summed E-state index contributed by atoms with van der Waals surface area (Å²) in [6.45, 7) is 0.872. The number of nitrogens with zero attached hydrogens (tertiary/aromatic N) is 2. The molecule has 0 radical (unpaired) electrons. The van der Waals surface area contributed by atoms with E-state index < -0.39 is 0 Å². The number of ether oxygens (including phenoxy) is 1. The van der Waals surface area contributed by atoms with Gasteiger partial charge < -0.3 is 10.1 Å². The molecule has 0 aliphatic carbocycles. The van der Waals surface area contributed by atoms with E-state index in [-0.39, 0.29) is 6.10 Å². The molecule has 1 aromatic heterocycles. The Morgan fingerprint density at radius 2 is 2.44 bits per heavy atom. The summed E-state index contributed by atoms with van der Waals surface area (Å²) in [4.78, 5) is 0. The van der Waals surface area contributed by atoms with Crippen LogP contribution in [0.5, 0.6) is 0 Å². The molecule has 2 aliphatic heterocycles. The van der Waals surface area contributed by atoms with E-state index >= 15 is 0 Å². The van der Waals surface area contributed by atoms with Gasteiger partial charge in [0, 0.05) is 43.3 Å². The maximum atomic E-state index is 5.98. The van der Waals surface area contributed by atoms with Crippen molar-refractivity contribution in [2.75, 3.05) is 18.1 Å². The first-order valence-electron chi connectivity index (χ1n) is 6.77. The van der Waals surface area contributed by atoms with E-state index in [4.69, 9.17) is 4.74 Å². The molecule has 1 unspecified atom stereocenters. The largest absolute Gasteiger partial charge is 0.372 e. The monoisotopic (exact) mass is 267 g/mol. The third kappa shape index (κ3) is 2.73. The molecule has 3 heterocycles. The SMILES string of the molecule is Cn1cc([C@H]2OCCC[C@@H]2NC2CCSC2)cn1. The lowest BCUT2D eigenvalue weighted by Crippen LogP contribution is -2.44. The summed E-state index contributed by atoms with van der Waals surface area (Å²) in [6.07, 6.45) is 7.86. The van der Waals surface area contributed by atoms with Crippen LogP contribution in [0.15, 0.2) is 12.4 Å². The highest BCUT2D eigenvalue weighted by Gasteiger charge is 2.30. The first-order chi connectivity index (χ1) is 8.83. The van der Waals surface area contributed by atoms with E-state index in [1.54, 1.807) is 0 Å². The molecular formula is C13H21N3OS. The summed E-state index contributed by atoms with van der Waals surface area (Å²) in [7, 11) is 1.96. The lowest BCUT2D eigenvalue weighted by atomic mass is 9.97. The fourth-order valence-electron chi connectivity index (χ4n) is 2.84. The lowest BCUT2D eigenvalue weighted by Gasteiger charge is -2.33. The summed E-state index contributed by atoms with van der Waals surface area (Å²) in [5, 5.41) is 8.06. The van der Waals surface area contributed by atoms with Gasteiger partial charge in [0.05, 0.1) is 6.20 Å². The number of rotatable bonds is 3. The summed E-state index contributed by atoms with van der Waals surface area (Å²) in [5.74, 6) is 2.54. The summed E-state index contributed by atoms with van der Waals surface area (Å²) < 4.78 is 7.83. The van der Waals surface area contributed by atoms with Crippen molar-refractivity contribution in [2.24, 2.45) is 7.05 Å². The van der Waals surface area contributed by atoms with E-state index in [1.165, 1.54) is 29.9 Å². The highest BCUT2D eigenvalue weighted by atomic mass is 32.2. The lowest BCUT2D eigenvalue weighted by molar-refractivity contribution is -0.0131. The summed E-state index contributed by atoms with van der Waals surface area (Å²) >= 11 is 2.05. The molecule has 2 saturated heterocycles. The van der Waals surface area contributed by atoms with Crippen LogP contribution in [0.3, 0.4) is 0 Å². The Morgan fingerprint density at radius 3 is 3.17 bits per heavy atom. The molecule has 3 rings (SSSR count). The zero-order chi connectivity index (χ0) is 12.4. The van der Waals surface area contributed by atoms with E-state index in [0.29, 0.717) is 12.1 Å². The standard InChI is InChI=1S/C13H21N3OS/c1-16-8-10(7-14-16)13-12(3-2-5-17-13)15-11-4-6-18-9-11/h7-8,11-13,15H,2-6,9H2,1H3/t11?,12-,13+/m0/s1. The molecule has 2 aliphatic rings. The number of hydrogen-bond donors (Lipinski definition) is 1. The van der Waals surface area contributed by atoms with Crippen LogP contribution in [-0.2, 0) is 11.8 Å². The van der Waals surface area contributed by atoms with Crippen LogP contribution in [-0.4, -0.2) is 40.0 Å². The Bertz CT molecular complexity index is 389. The first kappa shape index (κ1) is 12.5. The molecule has 4 nitrogen and oxygen atoms in total. The van der Waals surface area contributed by atoms with Crippen molar-refractivity contribution >= 4 is 11.8 Å². The van der Waals surface area contributed by atoms with Crippen LogP contribution < -0.4 is 5.32 Å². The first-order valence-corrected chi connectivity index (χ1v) is 7.92. The molecule has 1 N–H and O–H groups in total. The Morgan fingerprint density at radius 1 is 1.50 bits per heavy atom. The average molecular weight is 267 g/mol. The minimum Gasteiger partial charge on any atom is -0.372 e. The maximum absolute atomic E-state index is 5.98. The zero-order valence-electron chi connectivity index (χ0n) is 10.8. The predicted molar refractivity (Wildman–Crippen MR) is 73.8 cm³/mol. The fourth-order valence-corrected chi connectivity index (χ4v) is 4.00. The molecule has 100 valence electrons. The van der Waals surface area contributed by atoms with Crippen LogP contribution >= 0.6 is 11.8 Å². The fraction of sp³-hybridized carbons (Fsp3) is 0.769. The Kier molecular flexibility index (Phi) is 3.91. The number of thioether (sulfide) groups is 1. The average Bonchev–Trinajstić information content (AvgIpc) is 3.02. The van der Waals surface area contributed by atoms with Crippen LogP contribution in [0.1, 0.15) is 30.9 Å². The number of nitrogens with one attached hydrogen (secondary N) is 1. The molecular weight excluding hydrogens is 246 g/mol. The molecule has 3 atom stereocenters. The molecule has 5 heteroatoms. The molecule has 0 aromatic carbocycles. The van der Waals surface area contributed by atoms with E-state index in [2.05, 4.69) is 28.4 Å². The minimum absolute atomic E-state index is 0.179. The summed E-state index contributed by atoms with van der Waals surface area (Å²) in [6, 6.07) is 1.12. The molecule has 0 amide bonds. The second-order valence-electron chi connectivity index (χ2n) is 5.21. The van der Waals surface area contributed by atoms with Crippen LogP contribution in [0.25, 0.3) is 0 Å². The van der Waals surface area contributed by atoms with Crippen LogP contribution in [0.2, 0.25) is 0 Å². The van der Waals surface area contributed by atoms with Crippen molar-refractivity contribution in [3.63, 3.8) is 0 Å². The molecule has 0 bridgehead atoms. The molecule has 18 heavy (non-hydrogen) atoms. The van der Waals surface area contributed by atoms with Crippen molar-refractivity contribution in [1.82, 2.24) is 15.1 Å². The van der Waals surface area contributed by atoms with Crippen molar-refractivity contribution in [2.45, 2.75) is 37.5 Å². The van der Waals surface area contributed by atoms with Crippen molar-refractivity contribution in [3.05, 3.63) is 18.0 Å². The third-order valence-corrected chi connectivity index (χ3v) is 4.92. The Balaban J connectivity index is 1.69. The Labute approximate surface area is 112 Å². The van der Waals surface area contributed by atoms with Gasteiger partial charge in [0.1, 0.15) is 6.10 Å². The van der Waals surface area contributed by atoms with Gasteiger partial charge in [-0.05, 0) is 25.0 Å². The van der Waals surface area contributed by atoms with E-state index in [9.17, 15) is 0 Å². The van der Waals surface area contributed by atoms with Gasteiger partial charge in [-0.1, -0.05) is 0 Å². The number of hydrogen-bond acceptors (Lipinski definition) is 4. The van der Waals surface area contributed by atoms with Crippen molar-refractivity contribution < 1.29 is 4.74 Å². The van der Waals surface area contributed by atoms with Gasteiger partial charge in [-0.25, -0.2) is 0 Å². The van der Waals surface area contributed by atoms with Gasteiger partial charge in [-0.3, -0.25) is 4.68 Å². The smallest absolute Gasteiger partial charge is 0.101 e. The second kappa shape index (κ2) is 5.63. The van der Waals surface area contributed by atoms with Gasteiger partial charge in [-0.15, -0.1) is 0 Å². The van der Waals surface area contributed by atoms with Crippen LogP contribution in [0, 0.1) is 0 Å². The van der Waals surface area contributed by atoms with Crippen molar-refractivity contribution in [1.29, 1.82) is 0 Å². The van der Waals surface area contributed by atoms with Gasteiger partial charge >= 0.3 is 0 Å². The molecule has 2 fully saturated rings. The highest BCUT2D eigenvalue weighted by Crippen LogP contribution is 2.29. The maximum Gasteiger partial charge on any atom is 0.101 e.